The molecule has 108 valence electrons. The molecule has 0 radical (unpaired) electrons. The van der Waals surface area contributed by atoms with E-state index in [9.17, 15) is 4.79 Å². The molecule has 0 saturated carbocycles. The molecule has 1 heterocycles. The highest BCUT2D eigenvalue weighted by Gasteiger charge is 2.50. The molecule has 0 amide bonds. The highest BCUT2D eigenvalue weighted by atomic mass is 32.2. The normalized spacial score (nSPS) is 20.1. The van der Waals surface area contributed by atoms with Crippen molar-refractivity contribution >= 4 is 17.7 Å². The van der Waals surface area contributed by atoms with Crippen LogP contribution in [-0.4, -0.2) is 18.8 Å². The van der Waals surface area contributed by atoms with Crippen molar-refractivity contribution in [3.05, 3.63) is 71.8 Å². The van der Waals surface area contributed by atoms with Gasteiger partial charge in [0.25, 0.3) is 0 Å². The first-order valence-corrected chi connectivity index (χ1v) is 8.10. The van der Waals surface area contributed by atoms with E-state index in [1.807, 2.05) is 48.2 Å². The van der Waals surface area contributed by atoms with Crippen LogP contribution in [0.4, 0.5) is 0 Å². The molecular formula is C18H18O2S. The average Bonchev–Trinajstić information content (AvgIpc) is 3.02. The predicted molar refractivity (Wildman–Crippen MR) is 86.2 cm³/mol. The summed E-state index contributed by atoms with van der Waals surface area (Å²) in [6.45, 7) is 0. The van der Waals surface area contributed by atoms with Crippen molar-refractivity contribution in [3.63, 3.8) is 0 Å². The van der Waals surface area contributed by atoms with Crippen LogP contribution >= 0.6 is 11.8 Å². The Kier molecular flexibility index (Phi) is 4.02. The van der Waals surface area contributed by atoms with Gasteiger partial charge in [0.15, 0.2) is 0 Å². The van der Waals surface area contributed by atoms with Gasteiger partial charge in [-0.1, -0.05) is 60.7 Å². The second-order valence-electron chi connectivity index (χ2n) is 5.18. The summed E-state index contributed by atoms with van der Waals surface area (Å²) < 4.78 is 4.74. The molecule has 0 aromatic heterocycles. The topological polar surface area (TPSA) is 26.3 Å². The van der Waals surface area contributed by atoms with Crippen LogP contribution in [0.5, 0.6) is 0 Å². The summed E-state index contributed by atoms with van der Waals surface area (Å²) in [7, 11) is 1.48. The summed E-state index contributed by atoms with van der Waals surface area (Å²) in [6, 6.07) is 20.6. The molecule has 1 atom stereocenters. The van der Waals surface area contributed by atoms with Crippen molar-refractivity contribution in [3.8, 4) is 0 Å². The molecule has 1 aliphatic rings. The molecule has 2 nitrogen and oxygen atoms in total. The van der Waals surface area contributed by atoms with Gasteiger partial charge < -0.3 is 4.74 Å². The number of thioether (sulfide) groups is 1. The van der Waals surface area contributed by atoms with Crippen LogP contribution in [-0.2, 0) is 14.3 Å². The van der Waals surface area contributed by atoms with E-state index in [0.717, 1.165) is 12.2 Å². The zero-order valence-electron chi connectivity index (χ0n) is 12.0. The molecule has 1 aliphatic heterocycles. The van der Waals surface area contributed by atoms with E-state index in [4.69, 9.17) is 4.74 Å². The molecule has 1 fully saturated rings. The average molecular weight is 298 g/mol. The van der Waals surface area contributed by atoms with Gasteiger partial charge in [-0.15, -0.1) is 11.8 Å². The Labute approximate surface area is 129 Å². The van der Waals surface area contributed by atoms with E-state index in [1.165, 1.54) is 18.2 Å². The maximum Gasteiger partial charge on any atom is 0.310 e. The lowest BCUT2D eigenvalue weighted by Crippen LogP contribution is -2.35. The predicted octanol–water partition coefficient (Wildman–Crippen LogP) is 3.86. The van der Waals surface area contributed by atoms with E-state index in [1.54, 1.807) is 0 Å². The number of rotatable bonds is 3. The molecule has 0 spiro atoms. The lowest BCUT2D eigenvalue weighted by molar-refractivity contribution is -0.146. The summed E-state index contributed by atoms with van der Waals surface area (Å²) in [5.74, 6) is 0.703. The first-order chi connectivity index (χ1) is 10.3. The second-order valence-corrected chi connectivity index (χ2v) is 6.52. The lowest BCUT2D eigenvalue weighted by Gasteiger charge is -2.34. The maximum atomic E-state index is 12.3. The summed E-state index contributed by atoms with van der Waals surface area (Å²) in [6.07, 6.45) is 0.848. The highest BCUT2D eigenvalue weighted by Crippen LogP contribution is 2.55. The van der Waals surface area contributed by atoms with Crippen molar-refractivity contribution in [1.29, 1.82) is 0 Å². The smallest absolute Gasteiger partial charge is 0.310 e. The van der Waals surface area contributed by atoms with Crippen LogP contribution < -0.4 is 0 Å². The number of esters is 1. The zero-order valence-corrected chi connectivity index (χ0v) is 12.8. The molecule has 2 aromatic rings. The van der Waals surface area contributed by atoms with E-state index in [0.29, 0.717) is 0 Å². The summed E-state index contributed by atoms with van der Waals surface area (Å²) in [5.41, 5.74) is 2.35. The third kappa shape index (κ3) is 2.36. The van der Waals surface area contributed by atoms with Crippen LogP contribution in [0, 0.1) is 5.92 Å². The SMILES string of the molecule is COC(=O)C1CCSC1(c1ccccc1)c1ccccc1. The third-order valence-corrected chi connectivity index (χ3v) is 5.77. The number of benzene rings is 2. The minimum atomic E-state index is -0.338. The van der Waals surface area contributed by atoms with Gasteiger partial charge in [0.1, 0.15) is 0 Å². The molecule has 0 aliphatic carbocycles. The van der Waals surface area contributed by atoms with Gasteiger partial charge in [0, 0.05) is 0 Å². The molecule has 3 heteroatoms. The Morgan fingerprint density at radius 1 is 1.05 bits per heavy atom. The number of methoxy groups -OCH3 is 1. The zero-order chi connectivity index (χ0) is 14.7. The molecule has 1 saturated heterocycles. The van der Waals surface area contributed by atoms with Crippen LogP contribution in [0.2, 0.25) is 0 Å². The highest BCUT2D eigenvalue weighted by molar-refractivity contribution is 8.00. The fourth-order valence-corrected chi connectivity index (χ4v) is 4.87. The molecular weight excluding hydrogens is 280 g/mol. The lowest BCUT2D eigenvalue weighted by atomic mass is 9.78. The van der Waals surface area contributed by atoms with E-state index >= 15 is 0 Å². The minimum absolute atomic E-state index is 0.118. The largest absolute Gasteiger partial charge is 0.469 e. The Morgan fingerprint density at radius 3 is 2.05 bits per heavy atom. The van der Waals surface area contributed by atoms with E-state index in [2.05, 4.69) is 24.3 Å². The quantitative estimate of drug-likeness (QED) is 0.805. The first kappa shape index (κ1) is 14.2. The standard InChI is InChI=1S/C18H18O2S/c1-20-17(19)16-12-13-21-18(16,14-8-4-2-5-9-14)15-10-6-3-7-11-15/h2-11,16H,12-13H2,1H3. The van der Waals surface area contributed by atoms with Gasteiger partial charge >= 0.3 is 5.97 Å². The molecule has 1 unspecified atom stereocenters. The summed E-state index contributed by atoms with van der Waals surface area (Å²) in [5, 5.41) is 0. The van der Waals surface area contributed by atoms with Gasteiger partial charge in [-0.25, -0.2) is 0 Å². The van der Waals surface area contributed by atoms with E-state index in [-0.39, 0.29) is 16.6 Å². The number of ether oxygens (including phenoxy) is 1. The Hall–Kier alpha value is -1.74. The maximum absolute atomic E-state index is 12.3. The number of hydrogen-bond donors (Lipinski definition) is 0. The van der Waals surface area contributed by atoms with Crippen molar-refractivity contribution in [1.82, 2.24) is 0 Å². The van der Waals surface area contributed by atoms with Crippen molar-refractivity contribution in [2.75, 3.05) is 12.9 Å². The fraction of sp³-hybridized carbons (Fsp3) is 0.278. The van der Waals surface area contributed by atoms with Gasteiger partial charge in [0.2, 0.25) is 0 Å². The first-order valence-electron chi connectivity index (χ1n) is 7.12. The molecule has 3 rings (SSSR count). The van der Waals surface area contributed by atoms with Crippen LogP contribution in [0.3, 0.4) is 0 Å². The summed E-state index contributed by atoms with van der Waals surface area (Å²) in [4.78, 5) is 12.3. The molecule has 21 heavy (non-hydrogen) atoms. The number of carbonyl (C=O) groups is 1. The monoisotopic (exact) mass is 298 g/mol. The van der Waals surface area contributed by atoms with Gasteiger partial charge in [-0.2, -0.15) is 0 Å². The number of hydrogen-bond acceptors (Lipinski definition) is 3. The van der Waals surface area contributed by atoms with Crippen LogP contribution in [0.1, 0.15) is 17.5 Å². The molecule has 0 N–H and O–H groups in total. The van der Waals surface area contributed by atoms with Crippen molar-refractivity contribution in [2.45, 2.75) is 11.2 Å². The molecule has 0 bridgehead atoms. The summed E-state index contributed by atoms with van der Waals surface area (Å²) >= 11 is 1.85. The second kappa shape index (κ2) is 5.94. The Bertz CT molecular complexity index is 570. The van der Waals surface area contributed by atoms with Gasteiger partial charge in [-0.3, -0.25) is 4.79 Å². The van der Waals surface area contributed by atoms with Crippen LogP contribution in [0.15, 0.2) is 60.7 Å². The fourth-order valence-electron chi connectivity index (χ4n) is 3.17. The van der Waals surface area contributed by atoms with Gasteiger partial charge in [-0.05, 0) is 23.3 Å². The van der Waals surface area contributed by atoms with Crippen LogP contribution in [0.25, 0.3) is 0 Å². The number of carbonyl (C=O) groups excluding carboxylic acids is 1. The van der Waals surface area contributed by atoms with E-state index < -0.39 is 0 Å². The third-order valence-electron chi connectivity index (χ3n) is 4.12. The van der Waals surface area contributed by atoms with Gasteiger partial charge in [0.05, 0.1) is 17.8 Å². The Balaban J connectivity index is 2.18. The minimum Gasteiger partial charge on any atom is -0.469 e. The molecule has 2 aromatic carbocycles. The van der Waals surface area contributed by atoms with Crippen molar-refractivity contribution in [2.24, 2.45) is 5.92 Å². The van der Waals surface area contributed by atoms with Crippen molar-refractivity contribution < 1.29 is 9.53 Å². The Morgan fingerprint density at radius 2 is 1.57 bits per heavy atom.